The molecule has 0 aliphatic heterocycles. The highest BCUT2D eigenvalue weighted by Gasteiger charge is 2.22. The zero-order chi connectivity index (χ0) is 32.8. The second-order valence-corrected chi connectivity index (χ2v) is 12.8. The molecule has 4 heterocycles. The maximum Gasteiger partial charge on any atom is 0.199 e. The van der Waals surface area contributed by atoms with Crippen LogP contribution in [0, 0.1) is 0 Å². The molecule has 0 amide bonds. The lowest BCUT2D eigenvalue weighted by atomic mass is 10.0. The molecule has 50 heavy (non-hydrogen) atoms. The van der Waals surface area contributed by atoms with Crippen molar-refractivity contribution >= 4 is 76.5 Å². The molecule has 0 saturated heterocycles. The van der Waals surface area contributed by atoms with Crippen molar-refractivity contribution in [1.29, 1.82) is 0 Å². The van der Waals surface area contributed by atoms with Gasteiger partial charge in [-0.05, 0) is 64.0 Å². The first-order valence-corrected chi connectivity index (χ1v) is 16.7. The van der Waals surface area contributed by atoms with Crippen LogP contribution in [-0.2, 0) is 0 Å². The van der Waals surface area contributed by atoms with Crippen molar-refractivity contribution in [2.45, 2.75) is 0 Å². The van der Waals surface area contributed by atoms with Crippen LogP contribution >= 0.6 is 0 Å². The van der Waals surface area contributed by atoms with Crippen LogP contribution in [0.2, 0.25) is 0 Å². The third-order valence-electron chi connectivity index (χ3n) is 10.00. The summed E-state index contributed by atoms with van der Waals surface area (Å²) in [4.78, 5) is 19.7. The minimum atomic E-state index is 0.504. The molecule has 0 fully saturated rings. The zero-order valence-electron chi connectivity index (χ0n) is 26.7. The summed E-state index contributed by atoms with van der Waals surface area (Å²) < 4.78 is 4.61. The lowest BCUT2D eigenvalue weighted by Crippen LogP contribution is -2.05. The van der Waals surface area contributed by atoms with Crippen molar-refractivity contribution in [3.05, 3.63) is 158 Å². The fourth-order valence-electron chi connectivity index (χ4n) is 7.81. The third-order valence-corrected chi connectivity index (χ3v) is 10.00. The number of para-hydroxylation sites is 2. The number of nitrogens with zero attached hydrogens (tertiary/aromatic N) is 6. The first-order chi connectivity index (χ1) is 24.8. The van der Waals surface area contributed by atoms with E-state index in [1.54, 1.807) is 12.4 Å². The van der Waals surface area contributed by atoms with Crippen LogP contribution in [0.25, 0.3) is 99.2 Å². The van der Waals surface area contributed by atoms with Crippen LogP contribution in [0.1, 0.15) is 0 Å². The van der Waals surface area contributed by atoms with Gasteiger partial charge in [-0.3, -0.25) is 4.57 Å². The average Bonchev–Trinajstić information content (AvgIpc) is 3.69. The van der Waals surface area contributed by atoms with Gasteiger partial charge in [0.2, 0.25) is 0 Å². The van der Waals surface area contributed by atoms with Gasteiger partial charge in [0.05, 0.1) is 22.1 Å². The third kappa shape index (κ3) is 3.84. The van der Waals surface area contributed by atoms with Gasteiger partial charge in [-0.25, -0.2) is 19.9 Å². The molecule has 0 aliphatic rings. The summed E-state index contributed by atoms with van der Waals surface area (Å²) in [5.41, 5.74) is 8.18. The van der Waals surface area contributed by atoms with E-state index < -0.39 is 0 Å². The Balaban J connectivity index is 1.27. The van der Waals surface area contributed by atoms with Gasteiger partial charge in [0, 0.05) is 45.2 Å². The molecular weight excluding hydrogens is 613 g/mol. The summed E-state index contributed by atoms with van der Waals surface area (Å²) in [6.45, 7) is 0. The summed E-state index contributed by atoms with van der Waals surface area (Å²) in [5, 5.41) is 9.56. The predicted molar refractivity (Wildman–Crippen MR) is 204 cm³/mol. The summed E-state index contributed by atoms with van der Waals surface area (Å²) in [7, 11) is 0. The van der Waals surface area contributed by atoms with Crippen molar-refractivity contribution < 1.29 is 0 Å². The molecule has 11 aromatic rings. The Morgan fingerprint density at radius 1 is 0.400 bits per heavy atom. The highest BCUT2D eigenvalue weighted by Crippen LogP contribution is 2.41. The van der Waals surface area contributed by atoms with Crippen molar-refractivity contribution in [3.63, 3.8) is 0 Å². The Morgan fingerprint density at radius 2 is 1.08 bits per heavy atom. The number of aromatic nitrogens is 6. The molecule has 6 nitrogen and oxygen atoms in total. The van der Waals surface area contributed by atoms with Crippen LogP contribution < -0.4 is 0 Å². The lowest BCUT2D eigenvalue weighted by molar-refractivity contribution is 1.05. The van der Waals surface area contributed by atoms with Crippen LogP contribution in [0.4, 0.5) is 0 Å². The van der Waals surface area contributed by atoms with E-state index in [1.165, 1.54) is 32.3 Å². The second-order valence-electron chi connectivity index (χ2n) is 12.8. The Bertz CT molecular complexity index is 3160. The number of hydrogen-bond acceptors (Lipinski definition) is 4. The Morgan fingerprint density at radius 3 is 1.92 bits per heavy atom. The molecule has 4 aromatic heterocycles. The molecule has 0 unspecified atom stereocenters. The number of hydrogen-bond donors (Lipinski definition) is 0. The van der Waals surface area contributed by atoms with E-state index in [-0.39, 0.29) is 0 Å². The first kappa shape index (κ1) is 27.1. The van der Waals surface area contributed by atoms with E-state index in [2.05, 4.69) is 165 Å². The van der Waals surface area contributed by atoms with Crippen molar-refractivity contribution in [1.82, 2.24) is 29.1 Å². The zero-order valence-corrected chi connectivity index (χ0v) is 26.7. The van der Waals surface area contributed by atoms with Gasteiger partial charge in [0.15, 0.2) is 17.1 Å². The van der Waals surface area contributed by atoms with E-state index in [0.29, 0.717) is 17.1 Å². The molecule has 232 valence electrons. The van der Waals surface area contributed by atoms with Gasteiger partial charge < -0.3 is 4.57 Å². The second kappa shape index (κ2) is 10.3. The Labute approximate surface area is 285 Å². The monoisotopic (exact) mass is 638 g/mol. The molecular formula is C44H26N6. The lowest BCUT2D eigenvalue weighted by Gasteiger charge is -2.14. The van der Waals surface area contributed by atoms with E-state index in [1.807, 2.05) is 0 Å². The van der Waals surface area contributed by atoms with Gasteiger partial charge in [-0.2, -0.15) is 0 Å². The fourth-order valence-corrected chi connectivity index (χ4v) is 7.81. The standard InChI is InChI=1S/C44H26N6/c1-2-13-31(14-3-1)49-37-21-19-27-10-6-7-15-32(27)40(37)34-20-18-30(26-38(34)49)41-44(48-43-42(47-41)45-22-23-46-43)50-36-17-9-8-16-33(36)35-24-28-11-4-5-12-29(28)25-39(35)50/h1-26H. The van der Waals surface area contributed by atoms with Crippen LogP contribution in [0.3, 0.4) is 0 Å². The largest absolute Gasteiger partial charge is 0.309 e. The Kier molecular flexibility index (Phi) is 5.57. The van der Waals surface area contributed by atoms with Gasteiger partial charge in [0.1, 0.15) is 5.69 Å². The van der Waals surface area contributed by atoms with Crippen LogP contribution in [0.15, 0.2) is 158 Å². The molecule has 0 saturated carbocycles. The first-order valence-electron chi connectivity index (χ1n) is 16.7. The fraction of sp³-hybridized carbons (Fsp3) is 0. The SMILES string of the molecule is c1ccc(-n2c3cc(-c4nc5nccnc5nc4-n4c5ccccc5c5cc6ccccc6cc54)ccc3c3c4ccccc4ccc32)cc1. The van der Waals surface area contributed by atoms with Crippen molar-refractivity contribution in [2.24, 2.45) is 0 Å². The molecule has 0 spiro atoms. The Hall–Kier alpha value is -6.92. The topological polar surface area (TPSA) is 61.4 Å². The average molecular weight is 639 g/mol. The van der Waals surface area contributed by atoms with Gasteiger partial charge in [-0.15, -0.1) is 0 Å². The molecule has 0 atom stereocenters. The molecule has 0 N–H and O–H groups in total. The molecule has 0 bridgehead atoms. The number of rotatable bonds is 3. The van der Waals surface area contributed by atoms with Gasteiger partial charge in [-0.1, -0.05) is 103 Å². The van der Waals surface area contributed by atoms with Crippen molar-refractivity contribution in [3.8, 4) is 22.8 Å². The maximum atomic E-state index is 5.24. The highest BCUT2D eigenvalue weighted by molar-refractivity contribution is 6.22. The minimum Gasteiger partial charge on any atom is -0.309 e. The van der Waals surface area contributed by atoms with Gasteiger partial charge >= 0.3 is 0 Å². The van der Waals surface area contributed by atoms with E-state index in [4.69, 9.17) is 9.97 Å². The number of fused-ring (bicyclic) bond motifs is 10. The smallest absolute Gasteiger partial charge is 0.199 e. The maximum absolute atomic E-state index is 5.24. The van der Waals surface area contributed by atoms with Gasteiger partial charge in [0.25, 0.3) is 0 Å². The predicted octanol–water partition coefficient (Wildman–Crippen LogP) is 10.6. The summed E-state index contributed by atoms with van der Waals surface area (Å²) in [6, 6.07) is 51.9. The molecule has 0 aliphatic carbocycles. The number of benzene rings is 7. The van der Waals surface area contributed by atoms with E-state index in [9.17, 15) is 0 Å². The van der Waals surface area contributed by atoms with E-state index in [0.717, 1.165) is 49.8 Å². The molecule has 0 radical (unpaired) electrons. The quantitative estimate of drug-likeness (QED) is 0.193. The van der Waals surface area contributed by atoms with E-state index >= 15 is 0 Å². The molecule has 11 rings (SSSR count). The summed E-state index contributed by atoms with van der Waals surface area (Å²) >= 11 is 0. The summed E-state index contributed by atoms with van der Waals surface area (Å²) in [6.07, 6.45) is 3.35. The highest BCUT2D eigenvalue weighted by atomic mass is 15.1. The van der Waals surface area contributed by atoms with Crippen LogP contribution in [-0.4, -0.2) is 29.1 Å². The normalized spacial score (nSPS) is 12.0. The van der Waals surface area contributed by atoms with Crippen LogP contribution in [0.5, 0.6) is 0 Å². The molecule has 7 aromatic carbocycles. The minimum absolute atomic E-state index is 0.504. The van der Waals surface area contributed by atoms with Crippen molar-refractivity contribution in [2.75, 3.05) is 0 Å². The summed E-state index contributed by atoms with van der Waals surface area (Å²) in [5.74, 6) is 0.714. The molecule has 6 heteroatoms.